The molecule has 0 saturated heterocycles. The van der Waals surface area contributed by atoms with Crippen LogP contribution in [0.1, 0.15) is 28.8 Å². The summed E-state index contributed by atoms with van der Waals surface area (Å²) >= 11 is 0. The zero-order chi connectivity index (χ0) is 18.8. The Kier molecular flexibility index (Phi) is 4.71. The van der Waals surface area contributed by atoms with Crippen LogP contribution in [0.4, 0.5) is 0 Å². The van der Waals surface area contributed by atoms with Crippen LogP contribution in [0.2, 0.25) is 0 Å². The van der Waals surface area contributed by atoms with Crippen molar-refractivity contribution in [2.45, 2.75) is 12.8 Å². The first-order chi connectivity index (χ1) is 12.4. The topological polar surface area (TPSA) is 86.0 Å². The lowest BCUT2D eigenvalue weighted by Gasteiger charge is -2.13. The van der Waals surface area contributed by atoms with Crippen LogP contribution in [0, 0.1) is 0 Å². The molecule has 2 aromatic heterocycles. The van der Waals surface area contributed by atoms with E-state index in [0.717, 1.165) is 10.1 Å². The summed E-state index contributed by atoms with van der Waals surface area (Å²) in [4.78, 5) is 40.8. The minimum atomic E-state index is -0.470. The van der Waals surface area contributed by atoms with Crippen molar-refractivity contribution in [1.29, 1.82) is 0 Å². The predicted molar refractivity (Wildman–Crippen MR) is 99.4 cm³/mol. The Hall–Kier alpha value is -3.22. The average molecular weight is 352 g/mol. The van der Waals surface area contributed by atoms with Crippen molar-refractivity contribution in [3.05, 3.63) is 74.6 Å². The maximum absolute atomic E-state index is 12.4. The predicted octanol–water partition coefficient (Wildman–Crippen LogP) is 1.17. The summed E-state index contributed by atoms with van der Waals surface area (Å²) in [5.41, 5.74) is 0.751. The molecule has 3 rings (SSSR count). The summed E-state index contributed by atoms with van der Waals surface area (Å²) in [5, 5.41) is 3.10. The highest BCUT2D eigenvalue weighted by Gasteiger charge is 2.14. The lowest BCUT2D eigenvalue weighted by Crippen LogP contribution is -2.37. The van der Waals surface area contributed by atoms with E-state index in [0.29, 0.717) is 6.54 Å². The van der Waals surface area contributed by atoms with Gasteiger partial charge in [0.1, 0.15) is 5.65 Å². The van der Waals surface area contributed by atoms with Crippen molar-refractivity contribution in [2.24, 2.45) is 14.1 Å². The Labute approximate surface area is 149 Å². The number of rotatable bonds is 4. The van der Waals surface area contributed by atoms with Crippen LogP contribution in [0.25, 0.3) is 11.0 Å². The standard InChI is InChI=1S/C19H20N4O3/c1-12(13-7-5-4-6-8-13)10-21-17(24)14-9-15-16(20-11-14)22(2)19(26)23(3)18(15)25/h4-9,11-12H,10H2,1-3H3,(H,21,24). The molecule has 0 radical (unpaired) electrons. The Morgan fingerprint density at radius 3 is 2.54 bits per heavy atom. The third-order valence-electron chi connectivity index (χ3n) is 4.49. The molecule has 26 heavy (non-hydrogen) atoms. The van der Waals surface area contributed by atoms with Gasteiger partial charge < -0.3 is 5.32 Å². The van der Waals surface area contributed by atoms with Crippen LogP contribution in [0.3, 0.4) is 0 Å². The smallest absolute Gasteiger partial charge is 0.332 e. The molecule has 1 amide bonds. The summed E-state index contributed by atoms with van der Waals surface area (Å²) in [6.45, 7) is 2.49. The van der Waals surface area contributed by atoms with E-state index in [-0.39, 0.29) is 28.4 Å². The number of pyridine rings is 1. The van der Waals surface area contributed by atoms with Crippen molar-refractivity contribution in [1.82, 2.24) is 19.4 Å². The third kappa shape index (κ3) is 3.15. The van der Waals surface area contributed by atoms with Crippen LogP contribution in [0.15, 0.2) is 52.2 Å². The molecule has 1 unspecified atom stereocenters. The van der Waals surface area contributed by atoms with Gasteiger partial charge in [-0.05, 0) is 17.5 Å². The normalized spacial score (nSPS) is 12.1. The van der Waals surface area contributed by atoms with Crippen molar-refractivity contribution < 1.29 is 4.79 Å². The number of nitrogens with one attached hydrogen (secondary N) is 1. The molecule has 0 saturated carbocycles. The molecule has 3 aromatic rings. The van der Waals surface area contributed by atoms with E-state index in [4.69, 9.17) is 0 Å². The van der Waals surface area contributed by atoms with Gasteiger partial charge in [0.15, 0.2) is 0 Å². The van der Waals surface area contributed by atoms with Crippen LogP contribution < -0.4 is 16.6 Å². The van der Waals surface area contributed by atoms with E-state index < -0.39 is 11.2 Å². The number of nitrogens with zero attached hydrogens (tertiary/aromatic N) is 3. The largest absolute Gasteiger partial charge is 0.351 e. The number of amides is 1. The van der Waals surface area contributed by atoms with Crippen LogP contribution >= 0.6 is 0 Å². The fourth-order valence-corrected chi connectivity index (χ4v) is 2.84. The molecule has 0 aliphatic heterocycles. The Balaban J connectivity index is 1.85. The number of hydrogen-bond donors (Lipinski definition) is 1. The molecule has 0 bridgehead atoms. The number of aromatic nitrogens is 3. The first-order valence-electron chi connectivity index (χ1n) is 8.29. The summed E-state index contributed by atoms with van der Waals surface area (Å²) in [6, 6.07) is 11.4. The summed E-state index contributed by atoms with van der Waals surface area (Å²) in [5.74, 6) is -0.152. The van der Waals surface area contributed by atoms with E-state index in [2.05, 4.69) is 10.3 Å². The number of carbonyl (C=O) groups is 1. The van der Waals surface area contributed by atoms with Crippen molar-refractivity contribution in [2.75, 3.05) is 6.54 Å². The van der Waals surface area contributed by atoms with Crippen LogP contribution in [-0.4, -0.2) is 26.6 Å². The van der Waals surface area contributed by atoms with Gasteiger partial charge in [-0.2, -0.15) is 0 Å². The zero-order valence-corrected chi connectivity index (χ0v) is 14.9. The SMILES string of the molecule is CC(CNC(=O)c1cnc2c(c1)c(=O)n(C)c(=O)n2C)c1ccccc1. The fraction of sp³-hybridized carbons (Fsp3) is 0.263. The molecule has 2 heterocycles. The van der Waals surface area contributed by atoms with Gasteiger partial charge in [-0.15, -0.1) is 0 Å². The van der Waals surface area contributed by atoms with Crippen molar-refractivity contribution >= 4 is 16.9 Å². The molecule has 0 aliphatic carbocycles. The maximum Gasteiger partial charge on any atom is 0.332 e. The van der Waals surface area contributed by atoms with Gasteiger partial charge in [-0.1, -0.05) is 37.3 Å². The minimum Gasteiger partial charge on any atom is -0.351 e. The molecule has 1 atom stereocenters. The summed E-state index contributed by atoms with van der Waals surface area (Å²) in [6.07, 6.45) is 1.38. The van der Waals surface area contributed by atoms with Gasteiger partial charge in [0.05, 0.1) is 10.9 Å². The molecule has 1 N–H and O–H groups in total. The number of carbonyl (C=O) groups excluding carboxylic acids is 1. The van der Waals surface area contributed by atoms with Gasteiger partial charge in [0.2, 0.25) is 0 Å². The van der Waals surface area contributed by atoms with E-state index >= 15 is 0 Å². The minimum absolute atomic E-state index is 0.155. The van der Waals surface area contributed by atoms with Gasteiger partial charge in [0, 0.05) is 26.8 Å². The first kappa shape index (κ1) is 17.6. The molecular formula is C19H20N4O3. The van der Waals surface area contributed by atoms with E-state index in [9.17, 15) is 14.4 Å². The molecule has 0 spiro atoms. The molecule has 7 nitrogen and oxygen atoms in total. The Morgan fingerprint density at radius 1 is 1.15 bits per heavy atom. The molecule has 0 aliphatic rings. The average Bonchev–Trinajstić information content (AvgIpc) is 2.68. The Morgan fingerprint density at radius 2 is 1.85 bits per heavy atom. The highest BCUT2D eigenvalue weighted by Crippen LogP contribution is 2.13. The second-order valence-electron chi connectivity index (χ2n) is 6.32. The van der Waals surface area contributed by atoms with E-state index in [1.165, 1.54) is 23.9 Å². The van der Waals surface area contributed by atoms with Gasteiger partial charge in [-0.3, -0.25) is 18.7 Å². The van der Waals surface area contributed by atoms with Crippen molar-refractivity contribution in [3.63, 3.8) is 0 Å². The van der Waals surface area contributed by atoms with Crippen molar-refractivity contribution in [3.8, 4) is 0 Å². The summed E-state index contributed by atoms with van der Waals surface area (Å²) in [7, 11) is 2.94. The number of hydrogen-bond acceptors (Lipinski definition) is 4. The Bertz CT molecular complexity index is 1080. The molecule has 1 aromatic carbocycles. The molecular weight excluding hydrogens is 332 g/mol. The third-order valence-corrected chi connectivity index (χ3v) is 4.49. The second-order valence-corrected chi connectivity index (χ2v) is 6.32. The second kappa shape index (κ2) is 6.95. The van der Waals surface area contributed by atoms with Gasteiger partial charge in [-0.25, -0.2) is 9.78 Å². The number of aryl methyl sites for hydroxylation is 1. The first-order valence-corrected chi connectivity index (χ1v) is 8.29. The fourth-order valence-electron chi connectivity index (χ4n) is 2.84. The summed E-state index contributed by atoms with van der Waals surface area (Å²) < 4.78 is 2.29. The van der Waals surface area contributed by atoms with Gasteiger partial charge in [0.25, 0.3) is 11.5 Å². The number of fused-ring (bicyclic) bond motifs is 1. The quantitative estimate of drug-likeness (QED) is 0.764. The van der Waals surface area contributed by atoms with E-state index in [1.807, 2.05) is 37.3 Å². The maximum atomic E-state index is 12.4. The number of benzene rings is 1. The zero-order valence-electron chi connectivity index (χ0n) is 14.9. The molecule has 0 fully saturated rings. The lowest BCUT2D eigenvalue weighted by atomic mass is 10.0. The lowest BCUT2D eigenvalue weighted by molar-refractivity contribution is 0.0951. The van der Waals surface area contributed by atoms with E-state index in [1.54, 1.807) is 7.05 Å². The highest BCUT2D eigenvalue weighted by atomic mass is 16.2. The molecule has 134 valence electrons. The van der Waals surface area contributed by atoms with Crippen LogP contribution in [-0.2, 0) is 14.1 Å². The monoisotopic (exact) mass is 352 g/mol. The highest BCUT2D eigenvalue weighted by molar-refractivity contribution is 5.96. The molecule has 7 heteroatoms. The van der Waals surface area contributed by atoms with Crippen LogP contribution in [0.5, 0.6) is 0 Å². The van der Waals surface area contributed by atoms with Gasteiger partial charge >= 0.3 is 5.69 Å².